The van der Waals surface area contributed by atoms with Crippen LogP contribution < -0.4 is 16.0 Å². The molecule has 28 heavy (non-hydrogen) atoms. The highest BCUT2D eigenvalue weighted by atomic mass is 16.2. The molecule has 1 aromatic carbocycles. The second-order valence-electron chi connectivity index (χ2n) is 8.80. The molecule has 4 aliphatic rings. The van der Waals surface area contributed by atoms with Crippen LogP contribution in [0.5, 0.6) is 0 Å². The molecular weight excluding hydrogens is 356 g/mol. The average Bonchev–Trinajstić information content (AvgIpc) is 3.34. The summed E-state index contributed by atoms with van der Waals surface area (Å²) in [6.45, 7) is 3.31. The number of amides is 3. The molecule has 2 unspecified atom stereocenters. The topological polar surface area (TPSA) is 90.5 Å². The molecule has 1 aromatic rings. The zero-order valence-corrected chi connectivity index (χ0v) is 15.9. The number of nitrogens with one attached hydrogen (secondary N) is 3. The third-order valence-corrected chi connectivity index (χ3v) is 6.71. The van der Waals surface area contributed by atoms with Crippen molar-refractivity contribution in [1.82, 2.24) is 20.9 Å². The van der Waals surface area contributed by atoms with Crippen molar-refractivity contribution in [2.75, 3.05) is 13.1 Å². The highest BCUT2D eigenvalue weighted by Crippen LogP contribution is 2.50. The van der Waals surface area contributed by atoms with Gasteiger partial charge < -0.3 is 15.5 Å². The van der Waals surface area contributed by atoms with Crippen LogP contribution in [0, 0.1) is 5.41 Å². The summed E-state index contributed by atoms with van der Waals surface area (Å²) < 4.78 is 0. The summed E-state index contributed by atoms with van der Waals surface area (Å²) in [7, 11) is 0. The van der Waals surface area contributed by atoms with Crippen LogP contribution in [0.2, 0.25) is 0 Å². The van der Waals surface area contributed by atoms with Gasteiger partial charge in [0.1, 0.15) is 6.04 Å². The minimum absolute atomic E-state index is 0.109. The summed E-state index contributed by atoms with van der Waals surface area (Å²) in [6, 6.07) is 5.94. The van der Waals surface area contributed by atoms with E-state index in [-0.39, 0.29) is 24.1 Å². The first-order chi connectivity index (χ1) is 13.5. The number of piperidine rings is 2. The Hall–Kier alpha value is -2.25. The Labute approximate surface area is 164 Å². The Kier molecular flexibility index (Phi) is 4.25. The summed E-state index contributed by atoms with van der Waals surface area (Å²) in [4.78, 5) is 38.0. The van der Waals surface area contributed by atoms with E-state index in [1.54, 1.807) is 4.90 Å². The van der Waals surface area contributed by atoms with Gasteiger partial charge in [0.15, 0.2) is 0 Å². The number of hydrogen-bond acceptors (Lipinski definition) is 5. The third kappa shape index (κ3) is 3.22. The number of benzene rings is 1. The Morgan fingerprint density at radius 2 is 2.07 bits per heavy atom. The van der Waals surface area contributed by atoms with Gasteiger partial charge in [-0.15, -0.1) is 0 Å². The van der Waals surface area contributed by atoms with Gasteiger partial charge in [-0.1, -0.05) is 12.1 Å². The van der Waals surface area contributed by atoms with Crippen LogP contribution in [0.3, 0.4) is 0 Å². The molecule has 148 valence electrons. The normalized spacial score (nSPS) is 28.4. The lowest BCUT2D eigenvalue weighted by molar-refractivity contribution is -0.136. The molecule has 5 rings (SSSR count). The maximum atomic E-state index is 12.9. The van der Waals surface area contributed by atoms with Gasteiger partial charge >= 0.3 is 0 Å². The molecule has 3 amide bonds. The number of hydrogen-bond donors (Lipinski definition) is 3. The van der Waals surface area contributed by atoms with Crippen molar-refractivity contribution >= 4 is 17.7 Å². The number of nitrogens with zero attached hydrogens (tertiary/aromatic N) is 1. The van der Waals surface area contributed by atoms with Crippen molar-refractivity contribution in [1.29, 1.82) is 0 Å². The lowest BCUT2D eigenvalue weighted by Gasteiger charge is -2.31. The Balaban J connectivity index is 1.24. The fraction of sp³-hybridized carbons (Fsp3) is 0.571. The summed E-state index contributed by atoms with van der Waals surface area (Å²) >= 11 is 0. The summed E-state index contributed by atoms with van der Waals surface area (Å²) in [5.41, 5.74) is 3.26. The van der Waals surface area contributed by atoms with E-state index in [1.807, 2.05) is 12.1 Å². The molecule has 3 fully saturated rings. The van der Waals surface area contributed by atoms with E-state index in [0.29, 0.717) is 30.0 Å². The SMILES string of the molecule is O=C1CCC(N2Cc3ccc(CNC4CNCC5(CC5)C4)cc3C2=O)C(=O)N1. The number of imide groups is 1. The van der Waals surface area contributed by atoms with Gasteiger partial charge in [0, 0.05) is 44.2 Å². The van der Waals surface area contributed by atoms with Crippen molar-refractivity contribution in [3.63, 3.8) is 0 Å². The number of carbonyl (C=O) groups is 3. The van der Waals surface area contributed by atoms with E-state index in [4.69, 9.17) is 0 Å². The van der Waals surface area contributed by atoms with Crippen molar-refractivity contribution in [3.8, 4) is 0 Å². The molecule has 3 N–H and O–H groups in total. The Morgan fingerprint density at radius 3 is 2.86 bits per heavy atom. The second-order valence-corrected chi connectivity index (χ2v) is 8.80. The standard InChI is InChI=1S/C21H26N4O3/c26-18-4-3-17(19(27)24-18)25-11-14-2-1-13(7-16(14)20(25)28)9-23-15-8-21(5-6-21)12-22-10-15/h1-2,7,15,17,22-23H,3-6,8-12H2,(H,24,26,27). The number of fused-ring (bicyclic) bond motifs is 1. The number of rotatable bonds is 4. The zero-order valence-electron chi connectivity index (χ0n) is 15.9. The predicted octanol–water partition coefficient (Wildman–Crippen LogP) is 0.679. The molecule has 0 bridgehead atoms. The van der Waals surface area contributed by atoms with E-state index < -0.39 is 6.04 Å². The first-order valence-corrected chi connectivity index (χ1v) is 10.2. The fourth-order valence-corrected chi connectivity index (χ4v) is 4.85. The lowest BCUT2D eigenvalue weighted by Crippen LogP contribution is -2.52. The van der Waals surface area contributed by atoms with Gasteiger partial charge in [0.2, 0.25) is 11.8 Å². The van der Waals surface area contributed by atoms with E-state index in [2.05, 4.69) is 22.0 Å². The highest BCUT2D eigenvalue weighted by Gasteiger charge is 2.45. The molecule has 7 nitrogen and oxygen atoms in total. The van der Waals surface area contributed by atoms with Crippen LogP contribution in [0.15, 0.2) is 18.2 Å². The van der Waals surface area contributed by atoms with Crippen LogP contribution in [0.4, 0.5) is 0 Å². The lowest BCUT2D eigenvalue weighted by atomic mass is 9.92. The summed E-state index contributed by atoms with van der Waals surface area (Å²) in [5, 5.41) is 9.52. The predicted molar refractivity (Wildman–Crippen MR) is 102 cm³/mol. The van der Waals surface area contributed by atoms with Crippen LogP contribution in [0.25, 0.3) is 0 Å². The molecule has 2 atom stereocenters. The van der Waals surface area contributed by atoms with Crippen LogP contribution in [-0.2, 0) is 22.7 Å². The van der Waals surface area contributed by atoms with E-state index in [9.17, 15) is 14.4 Å². The third-order valence-electron chi connectivity index (χ3n) is 6.71. The molecule has 3 aliphatic heterocycles. The molecule has 1 aliphatic carbocycles. The van der Waals surface area contributed by atoms with E-state index >= 15 is 0 Å². The maximum Gasteiger partial charge on any atom is 0.255 e. The first-order valence-electron chi connectivity index (χ1n) is 10.2. The zero-order chi connectivity index (χ0) is 19.3. The summed E-state index contributed by atoms with van der Waals surface area (Å²) in [5.74, 6) is -0.732. The number of carbonyl (C=O) groups excluding carboxylic acids is 3. The van der Waals surface area contributed by atoms with Gasteiger partial charge in [-0.25, -0.2) is 0 Å². The van der Waals surface area contributed by atoms with Gasteiger partial charge in [-0.05, 0) is 48.3 Å². The van der Waals surface area contributed by atoms with Gasteiger partial charge in [0.05, 0.1) is 0 Å². The van der Waals surface area contributed by atoms with Gasteiger partial charge in [0.25, 0.3) is 5.91 Å². The van der Waals surface area contributed by atoms with Gasteiger partial charge in [-0.3, -0.25) is 19.7 Å². The van der Waals surface area contributed by atoms with Crippen molar-refractivity contribution in [2.24, 2.45) is 5.41 Å². The van der Waals surface area contributed by atoms with Crippen molar-refractivity contribution in [3.05, 3.63) is 34.9 Å². The van der Waals surface area contributed by atoms with Crippen LogP contribution >= 0.6 is 0 Å². The largest absolute Gasteiger partial charge is 0.322 e. The summed E-state index contributed by atoms with van der Waals surface area (Å²) in [6.07, 6.45) is 4.58. The van der Waals surface area contributed by atoms with Gasteiger partial charge in [-0.2, -0.15) is 0 Å². The molecule has 0 aromatic heterocycles. The second kappa shape index (κ2) is 6.67. The van der Waals surface area contributed by atoms with E-state index in [1.165, 1.54) is 19.3 Å². The molecule has 7 heteroatoms. The van der Waals surface area contributed by atoms with Crippen LogP contribution in [-0.4, -0.2) is 47.8 Å². The molecule has 3 heterocycles. The Morgan fingerprint density at radius 1 is 1.21 bits per heavy atom. The molecular formula is C21H26N4O3. The minimum atomic E-state index is -0.554. The molecule has 1 saturated carbocycles. The quantitative estimate of drug-likeness (QED) is 0.667. The van der Waals surface area contributed by atoms with Crippen molar-refractivity contribution in [2.45, 2.75) is 57.3 Å². The maximum absolute atomic E-state index is 12.9. The highest BCUT2D eigenvalue weighted by molar-refractivity contribution is 6.05. The molecule has 1 spiro atoms. The van der Waals surface area contributed by atoms with Crippen molar-refractivity contribution < 1.29 is 14.4 Å². The van der Waals surface area contributed by atoms with E-state index in [0.717, 1.165) is 30.8 Å². The van der Waals surface area contributed by atoms with Crippen LogP contribution in [0.1, 0.15) is 53.6 Å². The Bertz CT molecular complexity index is 848. The average molecular weight is 382 g/mol. The fourth-order valence-electron chi connectivity index (χ4n) is 4.85. The monoisotopic (exact) mass is 382 g/mol. The smallest absolute Gasteiger partial charge is 0.255 e. The minimum Gasteiger partial charge on any atom is -0.322 e. The first kappa shape index (κ1) is 17.8. The molecule has 0 radical (unpaired) electrons. The molecule has 2 saturated heterocycles.